The third-order valence-corrected chi connectivity index (χ3v) is 6.13. The Hall–Kier alpha value is -2.62. The number of hydrogen-bond acceptors (Lipinski definition) is 6. The molecule has 0 fully saturated rings. The van der Waals surface area contributed by atoms with Crippen molar-refractivity contribution < 1.29 is 4.42 Å². The lowest BCUT2D eigenvalue weighted by atomic mass is 9.57. The van der Waals surface area contributed by atoms with Crippen molar-refractivity contribution in [2.24, 2.45) is 17.1 Å². The van der Waals surface area contributed by atoms with Gasteiger partial charge in [0, 0.05) is 11.5 Å². The summed E-state index contributed by atoms with van der Waals surface area (Å²) < 4.78 is 5.86. The molecule has 2 atom stereocenters. The van der Waals surface area contributed by atoms with E-state index in [4.69, 9.17) is 10.2 Å². The predicted octanol–water partition coefficient (Wildman–Crippen LogP) is 4.29. The fourth-order valence-electron chi connectivity index (χ4n) is 4.21. The van der Waals surface area contributed by atoms with Gasteiger partial charge >= 0.3 is 0 Å². The summed E-state index contributed by atoms with van der Waals surface area (Å²) in [4.78, 5) is 0. The number of nitrogens with two attached hydrogens (primary N) is 1. The van der Waals surface area contributed by atoms with E-state index in [1.807, 2.05) is 26.0 Å². The number of thioether (sulfide) groups is 1. The Balaban J connectivity index is 2.29. The second-order valence-corrected chi connectivity index (χ2v) is 7.89. The topological polar surface area (TPSA) is 111 Å². The molecule has 0 bridgehead atoms. The minimum Gasteiger partial charge on any atom is -0.455 e. The Morgan fingerprint density at radius 2 is 2.08 bits per heavy atom. The Morgan fingerprint density at radius 1 is 1.35 bits per heavy atom. The second kappa shape index (κ2) is 6.94. The van der Waals surface area contributed by atoms with Crippen molar-refractivity contribution >= 4 is 11.8 Å². The molecule has 5 nitrogen and oxygen atoms in total. The van der Waals surface area contributed by atoms with E-state index in [1.165, 1.54) is 0 Å². The summed E-state index contributed by atoms with van der Waals surface area (Å²) in [5.74, 6) is 1.06. The highest BCUT2D eigenvalue weighted by atomic mass is 32.2. The van der Waals surface area contributed by atoms with Crippen molar-refractivity contribution in [3.63, 3.8) is 0 Å². The molecule has 2 N–H and O–H groups in total. The zero-order valence-electron chi connectivity index (χ0n) is 14.9. The number of hydrogen-bond donors (Lipinski definition) is 1. The standard InChI is InChI=1S/C20H20N4OS/c1-3-26-17-8-15(12(2)25-17)18-14-7-5-4-6-13(14)16(9-21)19(24)20(18,10-22)11-23/h6,8,14,18H,3-5,7,24H2,1-2H3. The van der Waals surface area contributed by atoms with Crippen LogP contribution in [-0.4, -0.2) is 5.75 Å². The summed E-state index contributed by atoms with van der Waals surface area (Å²) in [6.07, 6.45) is 4.71. The Labute approximate surface area is 157 Å². The van der Waals surface area contributed by atoms with Gasteiger partial charge in [-0.1, -0.05) is 24.8 Å². The SMILES string of the molecule is CCSc1cc(C2C3CCCC=C3C(C#N)=C(N)C2(C#N)C#N)c(C)o1. The van der Waals surface area contributed by atoms with Crippen molar-refractivity contribution in [2.75, 3.05) is 5.75 Å². The second-order valence-electron chi connectivity index (χ2n) is 6.62. The van der Waals surface area contributed by atoms with Crippen LogP contribution in [0.1, 0.15) is 43.4 Å². The lowest BCUT2D eigenvalue weighted by Gasteiger charge is -2.43. The molecule has 1 heterocycles. The van der Waals surface area contributed by atoms with Crippen molar-refractivity contribution in [1.82, 2.24) is 0 Å². The monoisotopic (exact) mass is 364 g/mol. The van der Waals surface area contributed by atoms with Crippen LogP contribution in [0.25, 0.3) is 0 Å². The van der Waals surface area contributed by atoms with Crippen molar-refractivity contribution in [3.8, 4) is 18.2 Å². The summed E-state index contributed by atoms with van der Waals surface area (Å²) in [5.41, 5.74) is 6.82. The number of furan rings is 1. The predicted molar refractivity (Wildman–Crippen MR) is 98.5 cm³/mol. The normalized spacial score (nSPS) is 24.0. The van der Waals surface area contributed by atoms with Crippen LogP contribution in [0.5, 0.6) is 0 Å². The summed E-state index contributed by atoms with van der Waals surface area (Å²) in [6, 6.07) is 8.40. The zero-order chi connectivity index (χ0) is 18.9. The molecule has 6 heteroatoms. The lowest BCUT2D eigenvalue weighted by Crippen LogP contribution is -2.42. The highest BCUT2D eigenvalue weighted by Crippen LogP contribution is 2.56. The maximum absolute atomic E-state index is 10.00. The summed E-state index contributed by atoms with van der Waals surface area (Å²) in [6.45, 7) is 3.90. The summed E-state index contributed by atoms with van der Waals surface area (Å²) in [7, 11) is 0. The first-order valence-electron chi connectivity index (χ1n) is 8.70. The average molecular weight is 364 g/mol. The van der Waals surface area contributed by atoms with Crippen molar-refractivity contribution in [2.45, 2.75) is 44.1 Å². The van der Waals surface area contributed by atoms with Gasteiger partial charge in [-0.3, -0.25) is 0 Å². The molecule has 132 valence electrons. The minimum atomic E-state index is -1.56. The molecule has 0 saturated heterocycles. The van der Waals surface area contributed by atoms with Crippen LogP contribution in [0.4, 0.5) is 0 Å². The molecule has 0 spiro atoms. The molecule has 1 aromatic rings. The van der Waals surface area contributed by atoms with Crippen LogP contribution in [-0.2, 0) is 0 Å². The van der Waals surface area contributed by atoms with Gasteiger partial charge in [-0.15, -0.1) is 0 Å². The molecule has 0 saturated carbocycles. The number of fused-ring (bicyclic) bond motifs is 1. The van der Waals surface area contributed by atoms with E-state index in [9.17, 15) is 15.8 Å². The van der Waals surface area contributed by atoms with E-state index in [-0.39, 0.29) is 11.6 Å². The number of aryl methyl sites for hydroxylation is 1. The molecular weight excluding hydrogens is 344 g/mol. The molecule has 3 rings (SSSR count). The molecule has 1 aromatic heterocycles. The van der Waals surface area contributed by atoms with Crippen LogP contribution in [0, 0.1) is 52.2 Å². The molecular formula is C20H20N4OS. The molecule has 2 unspecified atom stereocenters. The average Bonchev–Trinajstić information content (AvgIpc) is 3.01. The van der Waals surface area contributed by atoms with Gasteiger partial charge in [-0.2, -0.15) is 15.8 Å². The first kappa shape index (κ1) is 18.2. The van der Waals surface area contributed by atoms with Gasteiger partial charge < -0.3 is 10.2 Å². The fraction of sp³-hybridized carbons (Fsp3) is 0.450. The van der Waals surface area contributed by atoms with Gasteiger partial charge in [0.15, 0.2) is 10.5 Å². The van der Waals surface area contributed by atoms with Gasteiger partial charge in [0.2, 0.25) is 0 Å². The van der Waals surface area contributed by atoms with Crippen LogP contribution < -0.4 is 5.73 Å². The molecule has 0 aliphatic heterocycles. The van der Waals surface area contributed by atoms with Gasteiger partial charge in [0.1, 0.15) is 11.8 Å². The van der Waals surface area contributed by atoms with Crippen LogP contribution >= 0.6 is 11.8 Å². The molecule has 2 aliphatic carbocycles. The van der Waals surface area contributed by atoms with Crippen LogP contribution in [0.15, 0.2) is 38.5 Å². The Morgan fingerprint density at radius 3 is 2.69 bits per heavy atom. The quantitative estimate of drug-likeness (QED) is 0.801. The number of rotatable bonds is 3. The van der Waals surface area contributed by atoms with Crippen LogP contribution in [0.3, 0.4) is 0 Å². The number of allylic oxidation sites excluding steroid dienone is 4. The lowest BCUT2D eigenvalue weighted by molar-refractivity contribution is 0.313. The van der Waals surface area contributed by atoms with E-state index in [0.29, 0.717) is 11.3 Å². The number of nitriles is 3. The Bertz CT molecular complexity index is 905. The first-order valence-corrected chi connectivity index (χ1v) is 9.69. The van der Waals surface area contributed by atoms with E-state index in [1.54, 1.807) is 11.8 Å². The van der Waals surface area contributed by atoms with E-state index < -0.39 is 11.3 Å². The molecule has 0 amide bonds. The molecule has 2 aliphatic rings. The van der Waals surface area contributed by atoms with Gasteiger partial charge in [-0.25, -0.2) is 0 Å². The maximum Gasteiger partial charge on any atom is 0.191 e. The van der Waals surface area contributed by atoms with E-state index in [0.717, 1.165) is 41.2 Å². The minimum absolute atomic E-state index is 0.0738. The summed E-state index contributed by atoms with van der Waals surface area (Å²) >= 11 is 1.58. The number of nitrogens with zero attached hydrogens (tertiary/aromatic N) is 3. The first-order chi connectivity index (χ1) is 12.5. The van der Waals surface area contributed by atoms with Crippen molar-refractivity contribution in [1.29, 1.82) is 15.8 Å². The highest BCUT2D eigenvalue weighted by Gasteiger charge is 2.54. The van der Waals surface area contributed by atoms with Crippen LogP contribution in [0.2, 0.25) is 0 Å². The Kier molecular flexibility index (Phi) is 4.86. The third kappa shape index (κ3) is 2.52. The largest absolute Gasteiger partial charge is 0.455 e. The van der Waals surface area contributed by atoms with E-state index >= 15 is 0 Å². The highest BCUT2D eigenvalue weighted by molar-refractivity contribution is 7.99. The fourth-order valence-corrected chi connectivity index (χ4v) is 4.89. The zero-order valence-corrected chi connectivity index (χ0v) is 15.7. The molecule has 26 heavy (non-hydrogen) atoms. The van der Waals surface area contributed by atoms with Gasteiger partial charge in [0.05, 0.1) is 23.4 Å². The smallest absolute Gasteiger partial charge is 0.191 e. The van der Waals surface area contributed by atoms with Gasteiger partial charge in [0.25, 0.3) is 0 Å². The molecule has 0 aromatic carbocycles. The third-order valence-electron chi connectivity index (χ3n) is 5.35. The van der Waals surface area contributed by atoms with Gasteiger partial charge in [-0.05, 0) is 49.5 Å². The van der Waals surface area contributed by atoms with Crippen molar-refractivity contribution in [3.05, 3.63) is 40.3 Å². The van der Waals surface area contributed by atoms with E-state index in [2.05, 4.69) is 18.2 Å². The maximum atomic E-state index is 10.00. The molecule has 0 radical (unpaired) electrons. The summed E-state index contributed by atoms with van der Waals surface area (Å²) in [5, 5.41) is 30.4.